The van der Waals surface area contributed by atoms with Gasteiger partial charge in [-0.1, -0.05) is 13.8 Å². The molecule has 2 amide bonds. The summed E-state index contributed by atoms with van der Waals surface area (Å²) in [5.41, 5.74) is 5.46. The topological polar surface area (TPSA) is 119 Å². The molecule has 0 aliphatic heterocycles. The van der Waals surface area contributed by atoms with E-state index < -0.39 is 23.7 Å². The number of primary amides is 1. The average molecular weight is 294 g/mol. The summed E-state index contributed by atoms with van der Waals surface area (Å²) < 4.78 is 5.08. The Morgan fingerprint density at radius 1 is 1.19 bits per heavy atom. The Morgan fingerprint density at radius 2 is 1.76 bits per heavy atom. The first-order chi connectivity index (χ1) is 9.81. The number of rotatable bonds is 7. The van der Waals surface area contributed by atoms with E-state index in [2.05, 4.69) is 5.32 Å². The van der Waals surface area contributed by atoms with Crippen LogP contribution in [0.1, 0.15) is 13.8 Å². The number of benzene rings is 1. The Morgan fingerprint density at radius 3 is 2.24 bits per heavy atom. The zero-order valence-electron chi connectivity index (χ0n) is 11.8. The van der Waals surface area contributed by atoms with Gasteiger partial charge in [0.15, 0.2) is 6.61 Å². The van der Waals surface area contributed by atoms with E-state index in [9.17, 15) is 14.4 Å². The standard InChI is InChI=1S/C14H18N2O5/c1-8(9(2)14(19)20)13(18)16-10-3-5-11(6-4-10)21-7-12(15)17/h3-6,8-9H,7H2,1-2H3,(H2,15,17)(H,16,18)(H,19,20). The van der Waals surface area contributed by atoms with Crippen LogP contribution in [0.3, 0.4) is 0 Å². The highest BCUT2D eigenvalue weighted by Crippen LogP contribution is 2.18. The van der Waals surface area contributed by atoms with Gasteiger partial charge in [-0.2, -0.15) is 0 Å². The summed E-state index contributed by atoms with van der Waals surface area (Å²) in [4.78, 5) is 33.3. The molecule has 1 aromatic rings. The lowest BCUT2D eigenvalue weighted by Gasteiger charge is -2.16. The average Bonchev–Trinajstić information content (AvgIpc) is 2.44. The van der Waals surface area contributed by atoms with Gasteiger partial charge < -0.3 is 20.9 Å². The van der Waals surface area contributed by atoms with Gasteiger partial charge in [-0.3, -0.25) is 14.4 Å². The van der Waals surface area contributed by atoms with E-state index in [0.717, 1.165) is 0 Å². The molecule has 0 spiro atoms. The molecule has 1 rings (SSSR count). The normalized spacial score (nSPS) is 13.0. The van der Waals surface area contributed by atoms with Crippen LogP contribution in [0.2, 0.25) is 0 Å². The second kappa shape index (κ2) is 7.28. The van der Waals surface area contributed by atoms with Crippen LogP contribution in [0.4, 0.5) is 5.69 Å². The number of hydrogen-bond acceptors (Lipinski definition) is 4. The molecule has 21 heavy (non-hydrogen) atoms. The number of hydrogen-bond donors (Lipinski definition) is 3. The van der Waals surface area contributed by atoms with Crippen LogP contribution in [-0.2, 0) is 14.4 Å². The van der Waals surface area contributed by atoms with Gasteiger partial charge in [0.05, 0.1) is 5.92 Å². The highest BCUT2D eigenvalue weighted by atomic mass is 16.5. The van der Waals surface area contributed by atoms with Crippen molar-refractivity contribution in [3.8, 4) is 5.75 Å². The second-order valence-electron chi connectivity index (χ2n) is 4.68. The Balaban J connectivity index is 2.61. The van der Waals surface area contributed by atoms with Crippen molar-refractivity contribution in [2.75, 3.05) is 11.9 Å². The zero-order valence-corrected chi connectivity index (χ0v) is 11.8. The molecule has 0 radical (unpaired) electrons. The van der Waals surface area contributed by atoms with Crippen LogP contribution >= 0.6 is 0 Å². The maximum atomic E-state index is 11.9. The van der Waals surface area contributed by atoms with Gasteiger partial charge in [0, 0.05) is 11.6 Å². The number of ether oxygens (including phenoxy) is 1. The fraction of sp³-hybridized carbons (Fsp3) is 0.357. The molecule has 0 aliphatic rings. The van der Waals surface area contributed by atoms with Crippen molar-refractivity contribution in [3.63, 3.8) is 0 Å². The summed E-state index contributed by atoms with van der Waals surface area (Å²) in [6.07, 6.45) is 0. The maximum absolute atomic E-state index is 11.9. The predicted octanol–water partition coefficient (Wildman–Crippen LogP) is 0.846. The summed E-state index contributed by atoms with van der Waals surface area (Å²) >= 11 is 0. The largest absolute Gasteiger partial charge is 0.484 e. The van der Waals surface area contributed by atoms with Crippen molar-refractivity contribution >= 4 is 23.5 Å². The van der Waals surface area contributed by atoms with Crippen LogP contribution in [0.5, 0.6) is 5.75 Å². The fourth-order valence-electron chi connectivity index (χ4n) is 1.49. The third kappa shape index (κ3) is 5.13. The maximum Gasteiger partial charge on any atom is 0.307 e. The number of carboxylic acid groups (broad SMARTS) is 1. The quantitative estimate of drug-likeness (QED) is 0.688. The lowest BCUT2D eigenvalue weighted by molar-refractivity contribution is -0.145. The highest BCUT2D eigenvalue weighted by Gasteiger charge is 2.25. The lowest BCUT2D eigenvalue weighted by Crippen LogP contribution is -2.29. The molecule has 7 heteroatoms. The van der Waals surface area contributed by atoms with Crippen LogP contribution in [0.15, 0.2) is 24.3 Å². The van der Waals surface area contributed by atoms with Crippen molar-refractivity contribution in [2.24, 2.45) is 17.6 Å². The molecule has 4 N–H and O–H groups in total. The van der Waals surface area contributed by atoms with Crippen LogP contribution in [0, 0.1) is 11.8 Å². The zero-order chi connectivity index (χ0) is 16.0. The molecule has 2 atom stereocenters. The number of carboxylic acids is 1. The van der Waals surface area contributed by atoms with Crippen LogP contribution in [-0.4, -0.2) is 29.5 Å². The number of nitrogens with one attached hydrogen (secondary N) is 1. The highest BCUT2D eigenvalue weighted by molar-refractivity contribution is 5.94. The van der Waals surface area contributed by atoms with E-state index in [4.69, 9.17) is 15.6 Å². The van der Waals surface area contributed by atoms with Crippen molar-refractivity contribution in [3.05, 3.63) is 24.3 Å². The molecular weight excluding hydrogens is 276 g/mol. The first kappa shape index (κ1) is 16.5. The molecule has 0 saturated carbocycles. The number of anilines is 1. The Kier molecular flexibility index (Phi) is 5.71. The van der Waals surface area contributed by atoms with Gasteiger partial charge in [-0.05, 0) is 24.3 Å². The third-order valence-corrected chi connectivity index (χ3v) is 3.06. The Bertz CT molecular complexity index is 527. The molecule has 0 saturated heterocycles. The Hall–Kier alpha value is -2.57. The van der Waals surface area contributed by atoms with Gasteiger partial charge in [-0.15, -0.1) is 0 Å². The molecule has 1 aromatic carbocycles. The predicted molar refractivity (Wildman–Crippen MR) is 75.7 cm³/mol. The third-order valence-electron chi connectivity index (χ3n) is 3.06. The SMILES string of the molecule is CC(C(=O)O)C(C)C(=O)Nc1ccc(OCC(N)=O)cc1. The molecule has 0 bridgehead atoms. The minimum absolute atomic E-state index is 0.223. The number of carbonyl (C=O) groups excluding carboxylic acids is 2. The van der Waals surface area contributed by atoms with E-state index in [1.165, 1.54) is 6.92 Å². The van der Waals surface area contributed by atoms with Gasteiger partial charge >= 0.3 is 5.97 Å². The molecule has 114 valence electrons. The molecule has 2 unspecified atom stereocenters. The summed E-state index contributed by atoms with van der Waals surface area (Å²) in [6, 6.07) is 6.33. The number of carbonyl (C=O) groups is 3. The summed E-state index contributed by atoms with van der Waals surface area (Å²) in [7, 11) is 0. The van der Waals surface area contributed by atoms with E-state index in [0.29, 0.717) is 11.4 Å². The van der Waals surface area contributed by atoms with Gasteiger partial charge in [0.2, 0.25) is 5.91 Å². The lowest BCUT2D eigenvalue weighted by atomic mass is 9.95. The summed E-state index contributed by atoms with van der Waals surface area (Å²) in [5, 5.41) is 11.5. The number of amides is 2. The van der Waals surface area contributed by atoms with E-state index in [1.54, 1.807) is 31.2 Å². The fourth-order valence-corrected chi connectivity index (χ4v) is 1.49. The second-order valence-corrected chi connectivity index (χ2v) is 4.68. The summed E-state index contributed by atoms with van der Waals surface area (Å²) in [6.45, 7) is 2.81. The minimum atomic E-state index is -1.02. The van der Waals surface area contributed by atoms with Crippen molar-refractivity contribution in [1.29, 1.82) is 0 Å². The molecular formula is C14H18N2O5. The van der Waals surface area contributed by atoms with Crippen molar-refractivity contribution in [2.45, 2.75) is 13.8 Å². The first-order valence-corrected chi connectivity index (χ1v) is 6.36. The molecule has 0 aliphatic carbocycles. The Labute approximate surface area is 122 Å². The van der Waals surface area contributed by atoms with Crippen LogP contribution < -0.4 is 15.8 Å². The minimum Gasteiger partial charge on any atom is -0.484 e. The first-order valence-electron chi connectivity index (χ1n) is 6.36. The molecule has 0 fully saturated rings. The van der Waals surface area contributed by atoms with Gasteiger partial charge in [0.1, 0.15) is 5.75 Å². The van der Waals surface area contributed by atoms with E-state index in [1.807, 2.05) is 0 Å². The smallest absolute Gasteiger partial charge is 0.307 e. The monoisotopic (exact) mass is 294 g/mol. The molecule has 0 aromatic heterocycles. The van der Waals surface area contributed by atoms with Crippen LogP contribution in [0.25, 0.3) is 0 Å². The van der Waals surface area contributed by atoms with Gasteiger partial charge in [-0.25, -0.2) is 0 Å². The number of aliphatic carboxylic acids is 1. The van der Waals surface area contributed by atoms with E-state index in [-0.39, 0.29) is 12.5 Å². The van der Waals surface area contributed by atoms with Crippen molar-refractivity contribution in [1.82, 2.24) is 0 Å². The molecule has 0 heterocycles. The van der Waals surface area contributed by atoms with E-state index >= 15 is 0 Å². The summed E-state index contributed by atoms with van der Waals surface area (Å²) in [5.74, 6) is -2.97. The van der Waals surface area contributed by atoms with Crippen molar-refractivity contribution < 1.29 is 24.2 Å². The molecule has 7 nitrogen and oxygen atoms in total. The number of nitrogens with two attached hydrogens (primary N) is 1. The van der Waals surface area contributed by atoms with Gasteiger partial charge in [0.25, 0.3) is 5.91 Å².